The zero-order chi connectivity index (χ0) is 16.5. The molecule has 0 bridgehead atoms. The lowest BCUT2D eigenvalue weighted by Crippen LogP contribution is -2.41. The Morgan fingerprint density at radius 3 is 2.59 bits per heavy atom. The maximum atomic E-state index is 12.7. The third-order valence-electron chi connectivity index (χ3n) is 3.15. The summed E-state index contributed by atoms with van der Waals surface area (Å²) in [6, 6.07) is 4.58. The first kappa shape index (κ1) is 16.0. The number of anilines is 1. The van der Waals surface area contributed by atoms with Gasteiger partial charge in [-0.05, 0) is 30.5 Å². The molecule has 1 aromatic heterocycles. The summed E-state index contributed by atoms with van der Waals surface area (Å²) in [6.45, 7) is 0.769. The van der Waals surface area contributed by atoms with E-state index in [0.29, 0.717) is 10.8 Å². The first-order valence-corrected chi connectivity index (χ1v) is 6.27. The molecule has 0 amide bonds. The summed E-state index contributed by atoms with van der Waals surface area (Å²) in [6.07, 6.45) is -3.14. The van der Waals surface area contributed by atoms with Gasteiger partial charge in [0.1, 0.15) is 5.82 Å². The molecule has 0 radical (unpaired) electrons. The van der Waals surface area contributed by atoms with Gasteiger partial charge >= 0.3 is 12.1 Å². The number of nitrogens with zero attached hydrogens (tertiary/aromatic N) is 1. The molecule has 0 spiro atoms. The Hall–Kier alpha value is -2.35. The highest BCUT2D eigenvalue weighted by Crippen LogP contribution is 2.32. The minimum atomic E-state index is -4.45. The summed E-state index contributed by atoms with van der Waals surface area (Å²) < 4.78 is 38.0. The van der Waals surface area contributed by atoms with Crippen LogP contribution >= 0.6 is 0 Å². The Morgan fingerprint density at radius 1 is 1.32 bits per heavy atom. The van der Waals surface area contributed by atoms with E-state index in [-0.39, 0.29) is 12.4 Å². The number of halogens is 3. The van der Waals surface area contributed by atoms with Crippen LogP contribution in [-0.4, -0.2) is 33.3 Å². The van der Waals surface area contributed by atoms with Crippen molar-refractivity contribution in [3.63, 3.8) is 0 Å². The smallest absolute Gasteiger partial charge is 0.416 e. The predicted octanol–water partition coefficient (Wildman–Crippen LogP) is 2.50. The van der Waals surface area contributed by atoms with Crippen molar-refractivity contribution in [3.05, 3.63) is 36.0 Å². The summed E-state index contributed by atoms with van der Waals surface area (Å²) in [4.78, 5) is 14.8. The highest BCUT2D eigenvalue weighted by Gasteiger charge is 2.31. The van der Waals surface area contributed by atoms with Gasteiger partial charge in [-0.25, -0.2) is 9.78 Å². The second-order valence-corrected chi connectivity index (χ2v) is 5.03. The molecule has 2 rings (SSSR count). The van der Waals surface area contributed by atoms with Crippen molar-refractivity contribution in [3.8, 4) is 0 Å². The van der Waals surface area contributed by atoms with Crippen LogP contribution in [0.5, 0.6) is 0 Å². The van der Waals surface area contributed by atoms with Gasteiger partial charge in [0.2, 0.25) is 0 Å². The molecule has 0 fully saturated rings. The fourth-order valence-corrected chi connectivity index (χ4v) is 1.83. The molecule has 5 nitrogen and oxygen atoms in total. The normalized spacial score (nSPS) is 14.6. The first-order chi connectivity index (χ1) is 10.1. The molecule has 8 heteroatoms. The molecule has 1 aromatic carbocycles. The second kappa shape index (κ2) is 5.45. The molecule has 0 saturated carbocycles. The zero-order valence-corrected chi connectivity index (χ0v) is 11.5. The molecule has 1 atom stereocenters. The number of aromatic nitrogens is 1. The average molecular weight is 314 g/mol. The van der Waals surface area contributed by atoms with Gasteiger partial charge in [-0.3, -0.25) is 0 Å². The number of nitrogens with one attached hydrogen (secondary N) is 1. The van der Waals surface area contributed by atoms with Crippen molar-refractivity contribution in [1.29, 1.82) is 0 Å². The number of aliphatic carboxylic acids is 1. The molecule has 0 aliphatic carbocycles. The minimum absolute atomic E-state index is 0.202. The summed E-state index contributed by atoms with van der Waals surface area (Å²) in [5, 5.41) is 21.8. The summed E-state index contributed by atoms with van der Waals surface area (Å²) >= 11 is 0. The van der Waals surface area contributed by atoms with Gasteiger partial charge in [-0.15, -0.1) is 0 Å². The Balaban J connectivity index is 2.34. The van der Waals surface area contributed by atoms with Crippen molar-refractivity contribution < 1.29 is 28.2 Å². The van der Waals surface area contributed by atoms with Crippen molar-refractivity contribution >= 4 is 22.6 Å². The third-order valence-corrected chi connectivity index (χ3v) is 3.15. The molecule has 1 heterocycles. The van der Waals surface area contributed by atoms with E-state index in [0.717, 1.165) is 19.1 Å². The molecular formula is C14H13F3N2O3. The van der Waals surface area contributed by atoms with E-state index in [1.54, 1.807) is 0 Å². The molecule has 0 aliphatic rings. The number of alkyl halides is 3. The average Bonchev–Trinajstić information content (AvgIpc) is 2.43. The van der Waals surface area contributed by atoms with Crippen LogP contribution < -0.4 is 5.32 Å². The number of hydrogen-bond donors (Lipinski definition) is 3. The largest absolute Gasteiger partial charge is 0.479 e. The van der Waals surface area contributed by atoms with Gasteiger partial charge in [-0.1, -0.05) is 6.07 Å². The van der Waals surface area contributed by atoms with E-state index >= 15 is 0 Å². The Morgan fingerprint density at radius 2 is 2.00 bits per heavy atom. The van der Waals surface area contributed by atoms with Crippen molar-refractivity contribution in [2.24, 2.45) is 0 Å². The Kier molecular flexibility index (Phi) is 3.97. The maximum Gasteiger partial charge on any atom is 0.416 e. The number of carbonyl (C=O) groups is 1. The van der Waals surface area contributed by atoms with Crippen LogP contribution in [0.2, 0.25) is 0 Å². The third kappa shape index (κ3) is 3.28. The Bertz CT molecular complexity index is 714. The predicted molar refractivity (Wildman–Crippen MR) is 73.5 cm³/mol. The second-order valence-electron chi connectivity index (χ2n) is 5.03. The van der Waals surface area contributed by atoms with E-state index < -0.39 is 23.3 Å². The van der Waals surface area contributed by atoms with Gasteiger partial charge < -0.3 is 15.5 Å². The number of rotatable bonds is 4. The SMILES string of the molecule is CC(O)(CNc1nccc2cc(C(F)(F)F)ccc12)C(=O)O. The molecule has 0 aliphatic heterocycles. The molecule has 118 valence electrons. The number of carboxylic acids is 1. The van der Waals surface area contributed by atoms with Crippen LogP contribution in [0, 0.1) is 0 Å². The van der Waals surface area contributed by atoms with E-state index in [1.165, 1.54) is 18.3 Å². The number of aliphatic hydroxyl groups is 1. The first-order valence-electron chi connectivity index (χ1n) is 6.27. The topological polar surface area (TPSA) is 82.5 Å². The minimum Gasteiger partial charge on any atom is -0.479 e. The summed E-state index contributed by atoms with van der Waals surface area (Å²) in [7, 11) is 0. The number of carboxylic acid groups (broad SMARTS) is 1. The zero-order valence-electron chi connectivity index (χ0n) is 11.5. The lowest BCUT2D eigenvalue weighted by atomic mass is 10.1. The number of benzene rings is 1. The molecule has 0 saturated heterocycles. The van der Waals surface area contributed by atoms with Gasteiger partial charge in [0.25, 0.3) is 0 Å². The van der Waals surface area contributed by atoms with Gasteiger partial charge in [-0.2, -0.15) is 13.2 Å². The summed E-state index contributed by atoms with van der Waals surface area (Å²) in [5.41, 5.74) is -2.80. The molecule has 1 unspecified atom stereocenters. The Labute approximate surface area is 123 Å². The van der Waals surface area contributed by atoms with Crippen molar-refractivity contribution in [1.82, 2.24) is 4.98 Å². The molecular weight excluding hydrogens is 301 g/mol. The lowest BCUT2D eigenvalue weighted by Gasteiger charge is -2.19. The fourth-order valence-electron chi connectivity index (χ4n) is 1.83. The van der Waals surface area contributed by atoms with Crippen molar-refractivity contribution in [2.45, 2.75) is 18.7 Å². The number of fused-ring (bicyclic) bond motifs is 1. The highest BCUT2D eigenvalue weighted by molar-refractivity contribution is 5.92. The van der Waals surface area contributed by atoms with Gasteiger partial charge in [0, 0.05) is 11.6 Å². The van der Waals surface area contributed by atoms with Crippen molar-refractivity contribution in [2.75, 3.05) is 11.9 Å². The van der Waals surface area contributed by atoms with E-state index in [4.69, 9.17) is 5.11 Å². The monoisotopic (exact) mass is 314 g/mol. The van der Waals surface area contributed by atoms with E-state index in [2.05, 4.69) is 10.3 Å². The lowest BCUT2D eigenvalue weighted by molar-refractivity contribution is -0.155. The van der Waals surface area contributed by atoms with Gasteiger partial charge in [0.05, 0.1) is 12.1 Å². The van der Waals surface area contributed by atoms with Crippen LogP contribution in [0.25, 0.3) is 10.8 Å². The van der Waals surface area contributed by atoms with Crippen LogP contribution in [0.3, 0.4) is 0 Å². The van der Waals surface area contributed by atoms with Gasteiger partial charge in [0.15, 0.2) is 5.60 Å². The van der Waals surface area contributed by atoms with Crippen LogP contribution in [-0.2, 0) is 11.0 Å². The fraction of sp³-hybridized carbons (Fsp3) is 0.286. The standard InChI is InChI=1S/C14H13F3N2O3/c1-13(22,12(20)21)7-19-11-10-3-2-9(14(15,16)17)6-8(10)4-5-18-11/h2-6,22H,7H2,1H3,(H,18,19)(H,20,21). The maximum absolute atomic E-state index is 12.7. The quantitative estimate of drug-likeness (QED) is 0.808. The highest BCUT2D eigenvalue weighted by atomic mass is 19.4. The van der Waals surface area contributed by atoms with E-state index in [1.807, 2.05) is 0 Å². The van der Waals surface area contributed by atoms with Crippen LogP contribution in [0.15, 0.2) is 30.5 Å². The molecule has 22 heavy (non-hydrogen) atoms. The van der Waals surface area contributed by atoms with Crippen LogP contribution in [0.1, 0.15) is 12.5 Å². The number of hydrogen-bond acceptors (Lipinski definition) is 4. The number of pyridine rings is 1. The molecule has 2 aromatic rings. The summed E-state index contributed by atoms with van der Waals surface area (Å²) in [5.74, 6) is -1.22. The van der Waals surface area contributed by atoms with E-state index in [9.17, 15) is 23.1 Å². The van der Waals surface area contributed by atoms with Crippen LogP contribution in [0.4, 0.5) is 19.0 Å². The molecule has 3 N–H and O–H groups in total.